The Morgan fingerprint density at radius 2 is 1.39 bits per heavy atom. The van der Waals surface area contributed by atoms with Gasteiger partial charge in [0.2, 0.25) is 0 Å². The number of carbonyl (C=O) groups is 1. The van der Waals surface area contributed by atoms with E-state index in [9.17, 15) is 10.1 Å². The Bertz CT molecular complexity index is 1000. The molecule has 3 aromatic carbocycles. The van der Waals surface area contributed by atoms with Crippen LogP contribution < -0.4 is 16.0 Å². The van der Waals surface area contributed by atoms with E-state index in [2.05, 4.69) is 16.0 Å². The van der Waals surface area contributed by atoms with Crippen molar-refractivity contribution in [1.82, 2.24) is 0 Å². The zero-order valence-electron chi connectivity index (χ0n) is 15.4. The lowest BCUT2D eigenvalue weighted by atomic mass is 10.2. The van der Waals surface area contributed by atoms with E-state index in [-0.39, 0.29) is 5.57 Å². The van der Waals surface area contributed by atoms with Crippen LogP contribution in [0.25, 0.3) is 0 Å². The van der Waals surface area contributed by atoms with Crippen LogP contribution in [0.5, 0.6) is 0 Å². The maximum atomic E-state index is 12.3. The molecule has 5 nitrogen and oxygen atoms in total. The Balaban J connectivity index is 1.61. The predicted molar refractivity (Wildman–Crippen MR) is 113 cm³/mol. The second-order valence-electron chi connectivity index (χ2n) is 6.20. The highest BCUT2D eigenvalue weighted by molar-refractivity contribution is 6.06. The Morgan fingerprint density at radius 1 is 0.821 bits per heavy atom. The molecule has 0 atom stereocenters. The van der Waals surface area contributed by atoms with Gasteiger partial charge in [0.1, 0.15) is 11.6 Å². The van der Waals surface area contributed by atoms with Gasteiger partial charge in [0.15, 0.2) is 0 Å². The number of nitrogens with zero attached hydrogens (tertiary/aromatic N) is 1. The third kappa shape index (κ3) is 5.23. The van der Waals surface area contributed by atoms with Crippen LogP contribution in [0.4, 0.5) is 22.7 Å². The highest BCUT2D eigenvalue weighted by atomic mass is 16.1. The molecule has 0 saturated heterocycles. The average molecular weight is 368 g/mol. The van der Waals surface area contributed by atoms with Crippen LogP contribution in [0, 0.1) is 18.3 Å². The van der Waals surface area contributed by atoms with Gasteiger partial charge in [-0.1, -0.05) is 35.9 Å². The highest BCUT2D eigenvalue weighted by Gasteiger charge is 2.09. The first-order valence-electron chi connectivity index (χ1n) is 8.81. The lowest BCUT2D eigenvalue weighted by Gasteiger charge is -2.08. The van der Waals surface area contributed by atoms with Crippen molar-refractivity contribution in [2.75, 3.05) is 16.0 Å². The van der Waals surface area contributed by atoms with E-state index in [1.807, 2.05) is 79.7 Å². The van der Waals surface area contributed by atoms with Crippen molar-refractivity contribution < 1.29 is 4.79 Å². The molecule has 0 aliphatic rings. The number of anilines is 4. The molecule has 0 fully saturated rings. The summed E-state index contributed by atoms with van der Waals surface area (Å²) in [4.78, 5) is 12.3. The maximum Gasteiger partial charge on any atom is 0.267 e. The highest BCUT2D eigenvalue weighted by Crippen LogP contribution is 2.19. The van der Waals surface area contributed by atoms with Gasteiger partial charge in [-0.15, -0.1) is 0 Å². The number of rotatable bonds is 6. The van der Waals surface area contributed by atoms with E-state index >= 15 is 0 Å². The third-order valence-electron chi connectivity index (χ3n) is 4.01. The van der Waals surface area contributed by atoms with Gasteiger partial charge >= 0.3 is 0 Å². The minimum Gasteiger partial charge on any atom is -0.360 e. The van der Waals surface area contributed by atoms with Crippen LogP contribution >= 0.6 is 0 Å². The molecule has 5 heteroatoms. The quantitative estimate of drug-likeness (QED) is 0.413. The molecule has 0 aromatic heterocycles. The number of aryl methyl sites for hydroxylation is 1. The van der Waals surface area contributed by atoms with Gasteiger partial charge in [0, 0.05) is 28.9 Å². The van der Waals surface area contributed by atoms with E-state index in [4.69, 9.17) is 0 Å². The fourth-order valence-corrected chi connectivity index (χ4v) is 2.48. The molecule has 0 unspecified atom stereocenters. The molecule has 0 heterocycles. The fraction of sp³-hybridized carbons (Fsp3) is 0.0435. The summed E-state index contributed by atoms with van der Waals surface area (Å²) in [7, 11) is 0. The number of nitriles is 1. The zero-order valence-corrected chi connectivity index (χ0v) is 15.4. The third-order valence-corrected chi connectivity index (χ3v) is 4.01. The normalized spacial score (nSPS) is 10.6. The summed E-state index contributed by atoms with van der Waals surface area (Å²) in [6.07, 6.45) is 1.41. The number of amides is 1. The van der Waals surface area contributed by atoms with Crippen LogP contribution in [0.2, 0.25) is 0 Å². The summed E-state index contributed by atoms with van der Waals surface area (Å²) < 4.78 is 0. The number of hydrogen-bond acceptors (Lipinski definition) is 4. The summed E-state index contributed by atoms with van der Waals surface area (Å²) in [6, 6.07) is 26.8. The van der Waals surface area contributed by atoms with Gasteiger partial charge in [-0.25, -0.2) is 0 Å². The van der Waals surface area contributed by atoms with Crippen molar-refractivity contribution in [3.63, 3.8) is 0 Å². The molecule has 0 aliphatic heterocycles. The van der Waals surface area contributed by atoms with Gasteiger partial charge in [-0.2, -0.15) is 5.26 Å². The standard InChI is InChI=1S/C23H20N4O/c1-17-7-9-22(10-8-17)27-23(28)18(15-24)16-25-19-11-13-21(14-12-19)26-20-5-3-2-4-6-20/h2-14,16,25-26H,1H3,(H,27,28)/b18-16-. The van der Waals surface area contributed by atoms with E-state index in [0.717, 1.165) is 22.6 Å². The summed E-state index contributed by atoms with van der Waals surface area (Å²) >= 11 is 0. The van der Waals surface area contributed by atoms with Gasteiger partial charge in [-0.3, -0.25) is 4.79 Å². The molecule has 28 heavy (non-hydrogen) atoms. The largest absolute Gasteiger partial charge is 0.360 e. The number of benzene rings is 3. The van der Waals surface area contributed by atoms with Crippen LogP contribution in [0.1, 0.15) is 5.56 Å². The molecule has 0 bridgehead atoms. The summed E-state index contributed by atoms with van der Waals surface area (Å²) in [5.41, 5.74) is 4.46. The van der Waals surface area contributed by atoms with Gasteiger partial charge in [-0.05, 0) is 55.5 Å². The molecule has 3 rings (SSSR count). The SMILES string of the molecule is Cc1ccc(NC(=O)/C(C#N)=C\Nc2ccc(Nc3ccccc3)cc2)cc1. The Labute approximate surface area is 164 Å². The maximum absolute atomic E-state index is 12.3. The summed E-state index contributed by atoms with van der Waals surface area (Å²) in [6.45, 7) is 1.97. The van der Waals surface area contributed by atoms with Gasteiger partial charge in [0.05, 0.1) is 0 Å². The molecule has 138 valence electrons. The number of nitrogens with one attached hydrogen (secondary N) is 3. The Hall–Kier alpha value is -4.04. The molecular formula is C23H20N4O. The molecule has 0 saturated carbocycles. The lowest BCUT2D eigenvalue weighted by Crippen LogP contribution is -2.14. The van der Waals surface area contributed by atoms with Crippen molar-refractivity contribution in [1.29, 1.82) is 5.26 Å². The van der Waals surface area contributed by atoms with Crippen LogP contribution in [-0.2, 0) is 4.79 Å². The minimum absolute atomic E-state index is 0.00735. The van der Waals surface area contributed by atoms with Crippen molar-refractivity contribution in [2.45, 2.75) is 6.92 Å². The molecule has 3 aromatic rings. The molecule has 0 radical (unpaired) electrons. The minimum atomic E-state index is -0.457. The van der Waals surface area contributed by atoms with Crippen molar-refractivity contribution in [3.8, 4) is 6.07 Å². The van der Waals surface area contributed by atoms with E-state index in [1.165, 1.54) is 6.20 Å². The van der Waals surface area contributed by atoms with Crippen molar-refractivity contribution in [2.24, 2.45) is 0 Å². The smallest absolute Gasteiger partial charge is 0.267 e. The van der Waals surface area contributed by atoms with Crippen molar-refractivity contribution >= 4 is 28.7 Å². The first-order chi connectivity index (χ1) is 13.6. The lowest BCUT2D eigenvalue weighted by molar-refractivity contribution is -0.112. The van der Waals surface area contributed by atoms with Crippen LogP contribution in [0.3, 0.4) is 0 Å². The first kappa shape index (κ1) is 18.7. The molecule has 0 spiro atoms. The number of hydrogen-bond donors (Lipinski definition) is 3. The monoisotopic (exact) mass is 368 g/mol. The molecule has 1 amide bonds. The average Bonchev–Trinajstić information content (AvgIpc) is 2.72. The fourth-order valence-electron chi connectivity index (χ4n) is 2.48. The molecule has 0 aliphatic carbocycles. The Kier molecular flexibility index (Phi) is 6.06. The number of carbonyl (C=O) groups excluding carboxylic acids is 1. The summed E-state index contributed by atoms with van der Waals surface area (Å²) in [5.74, 6) is -0.457. The van der Waals surface area contributed by atoms with E-state index in [1.54, 1.807) is 12.1 Å². The van der Waals surface area contributed by atoms with E-state index < -0.39 is 5.91 Å². The molecular weight excluding hydrogens is 348 g/mol. The van der Waals surface area contributed by atoms with Crippen LogP contribution in [0.15, 0.2) is 90.6 Å². The van der Waals surface area contributed by atoms with E-state index in [0.29, 0.717) is 5.69 Å². The second kappa shape index (κ2) is 9.06. The first-order valence-corrected chi connectivity index (χ1v) is 8.81. The molecule has 3 N–H and O–H groups in total. The Morgan fingerprint density at radius 3 is 2.04 bits per heavy atom. The van der Waals surface area contributed by atoms with Crippen molar-refractivity contribution in [3.05, 3.63) is 96.2 Å². The predicted octanol–water partition coefficient (Wildman–Crippen LogP) is 5.20. The topological polar surface area (TPSA) is 77.0 Å². The second-order valence-corrected chi connectivity index (χ2v) is 6.20. The zero-order chi connectivity index (χ0) is 19.8. The van der Waals surface area contributed by atoms with Crippen LogP contribution in [-0.4, -0.2) is 5.91 Å². The van der Waals surface area contributed by atoms with Gasteiger partial charge in [0.25, 0.3) is 5.91 Å². The summed E-state index contributed by atoms with van der Waals surface area (Å²) in [5, 5.41) is 18.3. The van der Waals surface area contributed by atoms with Gasteiger partial charge < -0.3 is 16.0 Å². The number of para-hydroxylation sites is 1.